The number of fused-ring (bicyclic) bond motifs is 3. The highest BCUT2D eigenvalue weighted by molar-refractivity contribution is 6.15. The molecule has 0 aromatic heterocycles. The van der Waals surface area contributed by atoms with Crippen LogP contribution in [0.2, 0.25) is 0 Å². The second-order valence-corrected chi connectivity index (χ2v) is 12.6. The van der Waals surface area contributed by atoms with Crippen LogP contribution in [0.4, 0.5) is 11.4 Å². The lowest BCUT2D eigenvalue weighted by Crippen LogP contribution is -2.48. The number of hydrogen-bond acceptors (Lipinski definition) is 2. The summed E-state index contributed by atoms with van der Waals surface area (Å²) in [5.41, 5.74) is 15.1. The molecule has 4 aromatic rings. The Kier molecular flexibility index (Phi) is 6.34. The molecule has 41 heavy (non-hydrogen) atoms. The van der Waals surface area contributed by atoms with E-state index in [0.29, 0.717) is 5.92 Å². The Morgan fingerprint density at radius 1 is 0.659 bits per heavy atom. The SMILES string of the molecule is CC.Cc1cc2c3c(c1)C(C)(C)C1N(c4ccccc4)C(c4ccccc4)=C(c4cc(C5CCCCC5)ccc4-2)N31. The van der Waals surface area contributed by atoms with Crippen LogP contribution in [-0.2, 0) is 5.41 Å². The largest absolute Gasteiger partial charge is 0.317 e. The molecule has 0 saturated heterocycles. The predicted octanol–water partition coefficient (Wildman–Crippen LogP) is 10.5. The van der Waals surface area contributed by atoms with Crippen molar-refractivity contribution >= 4 is 22.8 Å². The summed E-state index contributed by atoms with van der Waals surface area (Å²) in [6.07, 6.45) is 6.91. The van der Waals surface area contributed by atoms with E-state index in [2.05, 4.69) is 122 Å². The van der Waals surface area contributed by atoms with Gasteiger partial charge in [-0.05, 0) is 66.6 Å². The first-order valence-electron chi connectivity index (χ1n) is 15.8. The number of rotatable bonds is 3. The van der Waals surface area contributed by atoms with Crippen LogP contribution in [0.25, 0.3) is 22.5 Å². The Morgan fingerprint density at radius 3 is 2.05 bits per heavy atom. The normalized spacial score (nSPS) is 20.0. The number of nitrogens with zero attached hydrogens (tertiary/aromatic N) is 2. The second kappa shape index (κ2) is 9.94. The van der Waals surface area contributed by atoms with E-state index in [1.165, 1.54) is 93.8 Å². The van der Waals surface area contributed by atoms with Crippen molar-refractivity contribution in [2.75, 3.05) is 9.80 Å². The van der Waals surface area contributed by atoms with E-state index in [-0.39, 0.29) is 11.6 Å². The van der Waals surface area contributed by atoms with Gasteiger partial charge in [0.1, 0.15) is 6.17 Å². The number of para-hydroxylation sites is 1. The fourth-order valence-corrected chi connectivity index (χ4v) is 8.01. The van der Waals surface area contributed by atoms with Crippen molar-refractivity contribution in [1.29, 1.82) is 0 Å². The monoisotopic (exact) mass is 538 g/mol. The molecule has 1 fully saturated rings. The van der Waals surface area contributed by atoms with Crippen molar-refractivity contribution in [3.05, 3.63) is 119 Å². The second-order valence-electron chi connectivity index (χ2n) is 12.6. The minimum Gasteiger partial charge on any atom is -0.317 e. The molecule has 2 nitrogen and oxygen atoms in total. The van der Waals surface area contributed by atoms with E-state index in [1.807, 2.05) is 13.8 Å². The first-order chi connectivity index (χ1) is 20.0. The molecule has 0 N–H and O–H groups in total. The number of hydrogen-bond donors (Lipinski definition) is 0. The van der Waals surface area contributed by atoms with Crippen LogP contribution in [-0.4, -0.2) is 6.17 Å². The summed E-state index contributed by atoms with van der Waals surface area (Å²) < 4.78 is 0. The maximum absolute atomic E-state index is 2.71. The smallest absolute Gasteiger partial charge is 0.120 e. The summed E-state index contributed by atoms with van der Waals surface area (Å²) in [5, 5.41) is 0. The molecule has 4 aromatic carbocycles. The molecule has 0 radical (unpaired) electrons. The molecule has 8 rings (SSSR count). The molecular weight excluding hydrogens is 496 g/mol. The van der Waals surface area contributed by atoms with Crippen LogP contribution in [0.3, 0.4) is 0 Å². The van der Waals surface area contributed by atoms with Crippen LogP contribution in [0, 0.1) is 6.92 Å². The highest BCUT2D eigenvalue weighted by Gasteiger charge is 2.57. The van der Waals surface area contributed by atoms with Gasteiger partial charge in [-0.1, -0.05) is 119 Å². The Hall–Kier alpha value is -3.78. The van der Waals surface area contributed by atoms with Crippen molar-refractivity contribution in [3.8, 4) is 11.1 Å². The van der Waals surface area contributed by atoms with Crippen molar-refractivity contribution < 1.29 is 0 Å². The highest BCUT2D eigenvalue weighted by Crippen LogP contribution is 2.63. The molecule has 3 heterocycles. The molecule has 1 saturated carbocycles. The lowest BCUT2D eigenvalue weighted by atomic mass is 9.79. The third-order valence-electron chi connectivity index (χ3n) is 9.78. The topological polar surface area (TPSA) is 6.48 Å². The Bertz CT molecular complexity index is 1620. The standard InChI is InChI=1S/C37H36N2.C2H6/c1-24-21-30-29-20-19-27(25-13-7-4-8-14-25)23-31(29)35-33(26-15-9-5-10-16-26)38(28-17-11-6-12-18-28)36-37(2,3)32(22-24)34(30)39(35)36;1-2/h5-6,9-12,15-23,25,36H,4,7-8,13-14H2,1-3H3;1-2H3. The predicted molar refractivity (Wildman–Crippen MR) is 175 cm³/mol. The van der Waals surface area contributed by atoms with Gasteiger partial charge in [0.15, 0.2) is 0 Å². The molecule has 0 spiro atoms. The van der Waals surface area contributed by atoms with Gasteiger partial charge in [-0.15, -0.1) is 0 Å². The summed E-state index contributed by atoms with van der Waals surface area (Å²) in [6.45, 7) is 11.2. The van der Waals surface area contributed by atoms with Gasteiger partial charge in [0.05, 0.1) is 17.1 Å². The molecule has 0 amide bonds. The number of anilines is 2. The molecule has 4 aliphatic rings. The summed E-state index contributed by atoms with van der Waals surface area (Å²) in [6, 6.07) is 34.5. The van der Waals surface area contributed by atoms with Gasteiger partial charge >= 0.3 is 0 Å². The third-order valence-corrected chi connectivity index (χ3v) is 9.78. The molecule has 2 heteroatoms. The quantitative estimate of drug-likeness (QED) is 0.256. The zero-order chi connectivity index (χ0) is 28.3. The van der Waals surface area contributed by atoms with Gasteiger partial charge in [-0.3, -0.25) is 0 Å². The first-order valence-corrected chi connectivity index (χ1v) is 15.8. The lowest BCUT2D eigenvalue weighted by molar-refractivity contribution is 0.443. The lowest BCUT2D eigenvalue weighted by Gasteiger charge is -2.38. The number of benzene rings is 4. The zero-order valence-corrected chi connectivity index (χ0v) is 25.2. The van der Waals surface area contributed by atoms with Gasteiger partial charge in [-0.2, -0.15) is 0 Å². The van der Waals surface area contributed by atoms with E-state index in [4.69, 9.17) is 0 Å². The Balaban J connectivity index is 0.00000135. The van der Waals surface area contributed by atoms with Gasteiger partial charge in [0.2, 0.25) is 0 Å². The minimum atomic E-state index is -0.0675. The summed E-state index contributed by atoms with van der Waals surface area (Å²) in [5.74, 6) is 0.678. The molecule has 1 atom stereocenters. The van der Waals surface area contributed by atoms with Crippen LogP contribution >= 0.6 is 0 Å². The molecule has 0 bridgehead atoms. The summed E-state index contributed by atoms with van der Waals surface area (Å²) >= 11 is 0. The van der Waals surface area contributed by atoms with Crippen molar-refractivity contribution in [1.82, 2.24) is 0 Å². The summed E-state index contributed by atoms with van der Waals surface area (Å²) in [4.78, 5) is 5.36. The number of aryl methyl sites for hydroxylation is 1. The van der Waals surface area contributed by atoms with E-state index in [1.54, 1.807) is 0 Å². The van der Waals surface area contributed by atoms with E-state index in [9.17, 15) is 0 Å². The molecule has 1 unspecified atom stereocenters. The van der Waals surface area contributed by atoms with Gasteiger partial charge < -0.3 is 9.80 Å². The molecular formula is C39H42N2. The van der Waals surface area contributed by atoms with Crippen LogP contribution < -0.4 is 9.80 Å². The van der Waals surface area contributed by atoms with Crippen molar-refractivity contribution in [2.24, 2.45) is 0 Å². The Morgan fingerprint density at radius 2 is 1.34 bits per heavy atom. The van der Waals surface area contributed by atoms with Gasteiger partial charge in [0, 0.05) is 27.8 Å². The minimum absolute atomic E-state index is 0.0675. The molecule has 1 aliphatic carbocycles. The van der Waals surface area contributed by atoms with Crippen LogP contribution in [0.5, 0.6) is 0 Å². The highest BCUT2D eigenvalue weighted by atomic mass is 15.5. The fraction of sp³-hybridized carbons (Fsp3) is 0.333. The molecule has 3 aliphatic heterocycles. The third kappa shape index (κ3) is 3.83. The average molecular weight is 539 g/mol. The molecule has 208 valence electrons. The van der Waals surface area contributed by atoms with Crippen LogP contribution in [0.15, 0.2) is 91.0 Å². The Labute approximate surface area is 246 Å². The zero-order valence-electron chi connectivity index (χ0n) is 25.2. The van der Waals surface area contributed by atoms with Crippen molar-refractivity contribution in [2.45, 2.75) is 84.2 Å². The maximum atomic E-state index is 2.71. The summed E-state index contributed by atoms with van der Waals surface area (Å²) in [7, 11) is 0. The first kappa shape index (κ1) is 26.1. The van der Waals surface area contributed by atoms with Crippen LogP contribution in [0.1, 0.15) is 93.5 Å². The maximum Gasteiger partial charge on any atom is 0.120 e. The van der Waals surface area contributed by atoms with Gasteiger partial charge in [0.25, 0.3) is 0 Å². The van der Waals surface area contributed by atoms with E-state index in [0.717, 1.165) is 0 Å². The fourth-order valence-electron chi connectivity index (χ4n) is 8.01. The van der Waals surface area contributed by atoms with E-state index < -0.39 is 0 Å². The van der Waals surface area contributed by atoms with Crippen molar-refractivity contribution in [3.63, 3.8) is 0 Å². The average Bonchev–Trinajstić information content (AvgIpc) is 3.50. The van der Waals surface area contributed by atoms with E-state index >= 15 is 0 Å². The van der Waals surface area contributed by atoms with Gasteiger partial charge in [-0.25, -0.2) is 0 Å².